The molecule has 0 aliphatic carbocycles. The number of amides is 1. The summed E-state index contributed by atoms with van der Waals surface area (Å²) in [6.07, 6.45) is 0. The maximum absolute atomic E-state index is 10.4. The predicted molar refractivity (Wildman–Crippen MR) is 28.5 cm³/mol. The fourth-order valence-corrected chi connectivity index (χ4v) is 0.561. The van der Waals surface area contributed by atoms with Crippen LogP contribution in [0.2, 0.25) is 0 Å². The molecule has 5 heteroatoms. The number of carbonyl (C=O) groups excluding carboxylic acids is 1. The summed E-state index contributed by atoms with van der Waals surface area (Å²) in [6, 6.07) is 0. The van der Waals surface area contributed by atoms with Gasteiger partial charge in [-0.25, -0.2) is 0 Å². The second kappa shape index (κ2) is 2.85. The van der Waals surface area contributed by atoms with E-state index in [9.17, 15) is 4.79 Å². The molecule has 52 valence electrons. The van der Waals surface area contributed by atoms with Crippen LogP contribution in [0.25, 0.3) is 0 Å². The normalized spacial score (nSPS) is 17.2. The quantitative estimate of drug-likeness (QED) is 0.456. The van der Waals surface area contributed by atoms with Crippen molar-refractivity contribution in [2.24, 2.45) is 0 Å². The zero-order chi connectivity index (χ0) is 6.15. The van der Waals surface area contributed by atoms with E-state index in [2.05, 4.69) is 5.32 Å². The Kier molecular flexibility index (Phi) is 2.67. The maximum Gasteiger partial charge on any atom is 0.246 e. The number of rotatable bonds is 0. The van der Waals surface area contributed by atoms with Crippen LogP contribution < -0.4 is 5.32 Å². The summed E-state index contributed by atoms with van der Waals surface area (Å²) in [5.74, 6) is 0.0903. The molecule has 0 saturated carbocycles. The second-order valence-electron chi connectivity index (χ2n) is 1.75. The molecule has 0 radical (unpaired) electrons. The van der Waals surface area contributed by atoms with E-state index in [4.69, 9.17) is 5.41 Å². The van der Waals surface area contributed by atoms with Crippen molar-refractivity contribution in [2.75, 3.05) is 13.6 Å². The van der Waals surface area contributed by atoms with Crippen molar-refractivity contribution < 1.29 is 21.9 Å². The monoisotopic (exact) mass is 169 g/mol. The first-order chi connectivity index (χ1) is 3.70. The molecule has 9 heavy (non-hydrogen) atoms. The van der Waals surface area contributed by atoms with Crippen LogP contribution >= 0.6 is 0 Å². The minimum absolute atomic E-state index is 0. The number of carbonyl (C=O) groups is 1. The molecule has 1 rings (SSSR count). The molecule has 0 aromatic heterocycles. The van der Waals surface area contributed by atoms with E-state index in [0.717, 1.165) is 0 Å². The van der Waals surface area contributed by atoms with Crippen LogP contribution in [0, 0.1) is 5.41 Å². The molecule has 0 spiro atoms. The summed E-state index contributed by atoms with van der Waals surface area (Å²) in [4.78, 5) is 11.9. The molecule has 1 saturated heterocycles. The third kappa shape index (κ3) is 1.69. The average Bonchev–Trinajstić information content (AvgIpc) is 1.85. The Hall–Kier alpha value is -0.541. The Labute approximate surface area is 63.6 Å². The van der Waals surface area contributed by atoms with Gasteiger partial charge in [-0.15, -0.1) is 0 Å². The Balaban J connectivity index is 0.000000640. The molecule has 1 heterocycles. The van der Waals surface area contributed by atoms with Crippen molar-refractivity contribution in [1.82, 2.24) is 10.2 Å². The molecule has 1 aliphatic rings. The fourth-order valence-electron chi connectivity index (χ4n) is 0.561. The molecular formula is C4H7FeN3O. The van der Waals surface area contributed by atoms with Crippen molar-refractivity contribution >= 4 is 11.9 Å². The SMILES string of the molecule is CN1CC(=O)NC1=N.[Fe]. The molecule has 1 fully saturated rings. The maximum atomic E-state index is 10.4. The van der Waals surface area contributed by atoms with E-state index < -0.39 is 0 Å². The van der Waals surface area contributed by atoms with Gasteiger partial charge in [-0.2, -0.15) is 0 Å². The number of hydrogen-bond acceptors (Lipinski definition) is 2. The Morgan fingerprint density at radius 1 is 1.78 bits per heavy atom. The van der Waals surface area contributed by atoms with Crippen LogP contribution in [0.5, 0.6) is 0 Å². The summed E-state index contributed by atoms with van der Waals surface area (Å²) in [6.45, 7) is 0.318. The Bertz CT molecular complexity index is 147. The third-order valence-electron chi connectivity index (χ3n) is 1.02. The van der Waals surface area contributed by atoms with E-state index >= 15 is 0 Å². The molecule has 2 N–H and O–H groups in total. The molecule has 4 nitrogen and oxygen atoms in total. The van der Waals surface area contributed by atoms with Crippen LogP contribution in [0.3, 0.4) is 0 Å². The smallest absolute Gasteiger partial charge is 0.246 e. The number of hydrogen-bond donors (Lipinski definition) is 2. The van der Waals surface area contributed by atoms with Crippen molar-refractivity contribution in [3.05, 3.63) is 0 Å². The first-order valence-electron chi connectivity index (χ1n) is 2.29. The summed E-state index contributed by atoms with van der Waals surface area (Å²) in [5, 5.41) is 9.32. The van der Waals surface area contributed by atoms with Crippen molar-refractivity contribution in [1.29, 1.82) is 5.41 Å². The second-order valence-corrected chi connectivity index (χ2v) is 1.75. The van der Waals surface area contributed by atoms with E-state index in [1.165, 1.54) is 0 Å². The van der Waals surface area contributed by atoms with Crippen molar-refractivity contribution in [3.63, 3.8) is 0 Å². The van der Waals surface area contributed by atoms with Gasteiger partial charge in [0.1, 0.15) is 0 Å². The molecule has 1 amide bonds. The minimum Gasteiger partial charge on any atom is -0.337 e. The zero-order valence-corrected chi connectivity index (χ0v) is 6.02. The van der Waals surface area contributed by atoms with Gasteiger partial charge in [-0.1, -0.05) is 0 Å². The van der Waals surface area contributed by atoms with E-state index in [1.54, 1.807) is 11.9 Å². The standard InChI is InChI=1S/C4H7N3O.Fe/c1-7-2-3(8)6-4(7)5;/h2H2,1H3,(H2,5,6,8);. The van der Waals surface area contributed by atoms with Gasteiger partial charge in [0, 0.05) is 24.1 Å². The fraction of sp³-hybridized carbons (Fsp3) is 0.500. The van der Waals surface area contributed by atoms with Gasteiger partial charge in [0.05, 0.1) is 6.54 Å². The number of guanidine groups is 1. The topological polar surface area (TPSA) is 56.2 Å². The first-order valence-corrected chi connectivity index (χ1v) is 2.29. The van der Waals surface area contributed by atoms with Gasteiger partial charge in [0.2, 0.25) is 5.91 Å². The first kappa shape index (κ1) is 8.46. The molecule has 0 unspecified atom stereocenters. The molecular weight excluding hydrogens is 162 g/mol. The van der Waals surface area contributed by atoms with Crippen molar-refractivity contribution in [3.8, 4) is 0 Å². The summed E-state index contributed by atoms with van der Waals surface area (Å²) >= 11 is 0. The van der Waals surface area contributed by atoms with Crippen LogP contribution in [0.1, 0.15) is 0 Å². The molecule has 0 aromatic carbocycles. The third-order valence-corrected chi connectivity index (χ3v) is 1.02. The molecule has 0 bridgehead atoms. The number of nitrogens with one attached hydrogen (secondary N) is 2. The molecule has 1 aliphatic heterocycles. The minimum atomic E-state index is -0.0995. The van der Waals surface area contributed by atoms with Gasteiger partial charge in [0.15, 0.2) is 5.96 Å². The van der Waals surface area contributed by atoms with Crippen LogP contribution in [0.15, 0.2) is 0 Å². The van der Waals surface area contributed by atoms with E-state index in [-0.39, 0.29) is 28.9 Å². The van der Waals surface area contributed by atoms with Crippen LogP contribution in [0.4, 0.5) is 0 Å². The molecule has 0 atom stereocenters. The number of nitrogens with zero attached hydrogens (tertiary/aromatic N) is 1. The summed E-state index contributed by atoms with van der Waals surface area (Å²) in [5.41, 5.74) is 0. The van der Waals surface area contributed by atoms with Crippen LogP contribution in [-0.2, 0) is 21.9 Å². The van der Waals surface area contributed by atoms with Gasteiger partial charge >= 0.3 is 0 Å². The van der Waals surface area contributed by atoms with Gasteiger partial charge in [0.25, 0.3) is 0 Å². The van der Waals surface area contributed by atoms with Gasteiger partial charge in [-0.05, 0) is 0 Å². The summed E-state index contributed by atoms with van der Waals surface area (Å²) < 4.78 is 0. The van der Waals surface area contributed by atoms with E-state index in [0.29, 0.717) is 6.54 Å². The Morgan fingerprint density at radius 3 is 2.44 bits per heavy atom. The van der Waals surface area contributed by atoms with Crippen LogP contribution in [-0.4, -0.2) is 30.4 Å². The zero-order valence-electron chi connectivity index (χ0n) is 4.92. The van der Waals surface area contributed by atoms with E-state index in [1.807, 2.05) is 0 Å². The van der Waals surface area contributed by atoms with Gasteiger partial charge < -0.3 is 4.90 Å². The van der Waals surface area contributed by atoms with Gasteiger partial charge in [-0.3, -0.25) is 15.5 Å². The van der Waals surface area contributed by atoms with Crippen molar-refractivity contribution in [2.45, 2.75) is 0 Å². The largest absolute Gasteiger partial charge is 0.337 e. The number of likely N-dealkylation sites (N-methyl/N-ethyl adjacent to an activating group) is 1. The molecule has 0 aromatic rings. The summed E-state index contributed by atoms with van der Waals surface area (Å²) in [7, 11) is 1.69. The predicted octanol–water partition coefficient (Wildman–Crippen LogP) is -1.02. The average molecular weight is 169 g/mol. The Morgan fingerprint density at radius 2 is 2.33 bits per heavy atom.